The number of nitrogens with one attached hydrogen (secondary N) is 1. The zero-order chi connectivity index (χ0) is 16.2. The monoisotopic (exact) mass is 307 g/mol. The molecule has 0 saturated carbocycles. The van der Waals surface area contributed by atoms with Gasteiger partial charge in [0, 0.05) is 12.7 Å². The molecule has 5 heteroatoms. The molecule has 1 atom stereocenters. The molecule has 0 aromatic heterocycles. The van der Waals surface area contributed by atoms with Gasteiger partial charge in [-0.2, -0.15) is 0 Å². The molecule has 0 aliphatic carbocycles. The van der Waals surface area contributed by atoms with Crippen LogP contribution in [0.2, 0.25) is 0 Å². The van der Waals surface area contributed by atoms with E-state index < -0.39 is 5.54 Å². The number of hydrogen-bond donors (Lipinski definition) is 2. The van der Waals surface area contributed by atoms with Crippen LogP contribution in [0.25, 0.3) is 0 Å². The van der Waals surface area contributed by atoms with Crippen LogP contribution in [0, 0.1) is 5.92 Å². The van der Waals surface area contributed by atoms with Gasteiger partial charge < -0.3 is 16.0 Å². The molecule has 1 rings (SSSR count). The van der Waals surface area contributed by atoms with Gasteiger partial charge in [-0.1, -0.05) is 44.3 Å². The first-order chi connectivity index (χ1) is 9.66. The van der Waals surface area contributed by atoms with Gasteiger partial charge in [0.05, 0.1) is 11.0 Å². The van der Waals surface area contributed by atoms with E-state index in [1.807, 2.05) is 58.0 Å². The maximum Gasteiger partial charge on any atom is 0.251 e. The molecule has 0 bridgehead atoms. The van der Waals surface area contributed by atoms with Crippen LogP contribution in [-0.2, 0) is 4.79 Å². The van der Waals surface area contributed by atoms with Gasteiger partial charge in [-0.05, 0) is 31.9 Å². The van der Waals surface area contributed by atoms with E-state index in [9.17, 15) is 4.79 Å². The Labute approximate surface area is 132 Å². The maximum atomic E-state index is 12.7. The van der Waals surface area contributed by atoms with Crippen molar-refractivity contribution in [3.63, 3.8) is 0 Å². The van der Waals surface area contributed by atoms with Crippen molar-refractivity contribution in [2.45, 2.75) is 39.3 Å². The Kier molecular flexibility index (Phi) is 5.87. The van der Waals surface area contributed by atoms with Gasteiger partial charge in [-0.15, -0.1) is 0 Å². The number of anilines is 1. The molecule has 1 aromatic rings. The van der Waals surface area contributed by atoms with Crippen molar-refractivity contribution in [1.29, 1.82) is 0 Å². The van der Waals surface area contributed by atoms with Crippen LogP contribution in [-0.4, -0.2) is 29.5 Å². The summed E-state index contributed by atoms with van der Waals surface area (Å²) in [5.41, 5.74) is 6.06. The van der Waals surface area contributed by atoms with Crippen LogP contribution in [0.4, 0.5) is 5.69 Å². The lowest BCUT2D eigenvalue weighted by Gasteiger charge is -2.33. The summed E-state index contributed by atoms with van der Waals surface area (Å²) in [5, 5.41) is 3.10. The van der Waals surface area contributed by atoms with Crippen molar-refractivity contribution in [2.75, 3.05) is 11.9 Å². The van der Waals surface area contributed by atoms with E-state index in [4.69, 9.17) is 18.0 Å². The zero-order valence-electron chi connectivity index (χ0n) is 13.4. The lowest BCUT2D eigenvalue weighted by Crippen LogP contribution is -2.58. The number of rotatable bonds is 5. The molecule has 0 aliphatic rings. The molecule has 0 unspecified atom stereocenters. The Morgan fingerprint density at radius 2 is 1.81 bits per heavy atom. The standard InChI is InChI=1S/C16H25N3OS/c1-11(2)13(17)14(21)18-16(3,4)15(20)19(5)12-9-7-6-8-10-12/h6-11,13H,17H2,1-5H3,(H,18,21)/t13-/m0/s1. The highest BCUT2D eigenvalue weighted by Crippen LogP contribution is 2.17. The van der Waals surface area contributed by atoms with E-state index in [0.717, 1.165) is 5.69 Å². The van der Waals surface area contributed by atoms with E-state index in [0.29, 0.717) is 4.99 Å². The van der Waals surface area contributed by atoms with Crippen molar-refractivity contribution in [1.82, 2.24) is 5.32 Å². The minimum Gasteiger partial charge on any atom is -0.365 e. The number of amides is 1. The number of thiocarbonyl (C=S) groups is 1. The van der Waals surface area contributed by atoms with E-state index in [-0.39, 0.29) is 17.9 Å². The number of benzene rings is 1. The molecule has 4 nitrogen and oxygen atoms in total. The quantitative estimate of drug-likeness (QED) is 0.820. The predicted octanol–water partition coefficient (Wildman–Crippen LogP) is 2.33. The highest BCUT2D eigenvalue weighted by Gasteiger charge is 2.33. The summed E-state index contributed by atoms with van der Waals surface area (Å²) in [7, 11) is 1.76. The largest absolute Gasteiger partial charge is 0.365 e. The second kappa shape index (κ2) is 7.00. The summed E-state index contributed by atoms with van der Waals surface area (Å²) < 4.78 is 0. The molecule has 3 N–H and O–H groups in total. The molecular weight excluding hydrogens is 282 g/mol. The van der Waals surface area contributed by atoms with Crippen molar-refractivity contribution in [2.24, 2.45) is 11.7 Å². The lowest BCUT2D eigenvalue weighted by atomic mass is 10.00. The first-order valence-electron chi connectivity index (χ1n) is 7.07. The topological polar surface area (TPSA) is 58.4 Å². The molecule has 0 radical (unpaired) electrons. The van der Waals surface area contributed by atoms with E-state index in [1.165, 1.54) is 0 Å². The minimum atomic E-state index is -0.811. The number of carbonyl (C=O) groups excluding carboxylic acids is 1. The second-order valence-electron chi connectivity index (χ2n) is 6.08. The predicted molar refractivity (Wildman–Crippen MR) is 92.5 cm³/mol. The van der Waals surface area contributed by atoms with Crippen molar-refractivity contribution in [3.8, 4) is 0 Å². The average molecular weight is 307 g/mol. The van der Waals surface area contributed by atoms with Crippen molar-refractivity contribution >= 4 is 28.8 Å². The van der Waals surface area contributed by atoms with Crippen LogP contribution in [0.1, 0.15) is 27.7 Å². The molecule has 0 spiro atoms. The third-order valence-electron chi connectivity index (χ3n) is 3.44. The number of likely N-dealkylation sites (N-methyl/N-ethyl adjacent to an activating group) is 1. The van der Waals surface area contributed by atoms with Gasteiger partial charge in [0.2, 0.25) is 0 Å². The zero-order valence-corrected chi connectivity index (χ0v) is 14.2. The van der Waals surface area contributed by atoms with Crippen molar-refractivity contribution in [3.05, 3.63) is 30.3 Å². The Balaban J connectivity index is 2.82. The second-order valence-corrected chi connectivity index (χ2v) is 6.52. The minimum absolute atomic E-state index is 0.0630. The van der Waals surface area contributed by atoms with Crippen molar-refractivity contribution < 1.29 is 4.79 Å². The number of hydrogen-bond acceptors (Lipinski definition) is 3. The SMILES string of the molecule is CC(C)[C@H](N)C(=S)NC(C)(C)C(=O)N(C)c1ccccc1. The van der Waals surface area contributed by atoms with Crippen LogP contribution < -0.4 is 16.0 Å². The van der Waals surface area contributed by atoms with Crippen LogP contribution in [0.3, 0.4) is 0 Å². The summed E-state index contributed by atoms with van der Waals surface area (Å²) in [4.78, 5) is 14.8. The van der Waals surface area contributed by atoms with Crippen LogP contribution in [0.5, 0.6) is 0 Å². The average Bonchev–Trinajstić information content (AvgIpc) is 2.45. The van der Waals surface area contributed by atoms with Gasteiger partial charge in [0.25, 0.3) is 5.91 Å². The molecule has 21 heavy (non-hydrogen) atoms. The number of nitrogens with zero attached hydrogens (tertiary/aromatic N) is 1. The molecular formula is C16H25N3OS. The molecule has 0 saturated heterocycles. The molecule has 0 fully saturated rings. The lowest BCUT2D eigenvalue weighted by molar-refractivity contribution is -0.122. The Morgan fingerprint density at radius 3 is 2.29 bits per heavy atom. The third kappa shape index (κ3) is 4.51. The van der Waals surface area contributed by atoms with Gasteiger partial charge >= 0.3 is 0 Å². The van der Waals surface area contributed by atoms with Crippen LogP contribution in [0.15, 0.2) is 30.3 Å². The van der Waals surface area contributed by atoms with E-state index >= 15 is 0 Å². The smallest absolute Gasteiger partial charge is 0.251 e. The normalized spacial score (nSPS) is 12.9. The Hall–Kier alpha value is -1.46. The fourth-order valence-corrected chi connectivity index (χ4v) is 2.46. The van der Waals surface area contributed by atoms with Gasteiger partial charge in [0.15, 0.2) is 0 Å². The number of nitrogens with two attached hydrogens (primary N) is 1. The maximum absolute atomic E-state index is 12.7. The van der Waals surface area contributed by atoms with E-state index in [1.54, 1.807) is 11.9 Å². The molecule has 0 heterocycles. The van der Waals surface area contributed by atoms with Crippen LogP contribution >= 0.6 is 12.2 Å². The third-order valence-corrected chi connectivity index (χ3v) is 3.81. The van der Waals surface area contributed by atoms with Gasteiger partial charge in [-0.3, -0.25) is 4.79 Å². The highest BCUT2D eigenvalue weighted by atomic mass is 32.1. The number of para-hydroxylation sites is 1. The highest BCUT2D eigenvalue weighted by molar-refractivity contribution is 7.80. The fourth-order valence-electron chi connectivity index (χ4n) is 1.94. The number of carbonyl (C=O) groups is 1. The Morgan fingerprint density at radius 1 is 1.29 bits per heavy atom. The fraction of sp³-hybridized carbons (Fsp3) is 0.500. The first-order valence-corrected chi connectivity index (χ1v) is 7.48. The molecule has 1 aromatic carbocycles. The van der Waals surface area contributed by atoms with Gasteiger partial charge in [-0.25, -0.2) is 0 Å². The summed E-state index contributed by atoms with van der Waals surface area (Å²) >= 11 is 5.32. The summed E-state index contributed by atoms with van der Waals surface area (Å²) in [6, 6.07) is 9.26. The van der Waals surface area contributed by atoms with Gasteiger partial charge in [0.1, 0.15) is 5.54 Å². The summed E-state index contributed by atoms with van der Waals surface area (Å²) in [5.74, 6) is 0.162. The summed E-state index contributed by atoms with van der Waals surface area (Å²) in [6.45, 7) is 7.63. The molecule has 116 valence electrons. The Bertz CT molecular complexity index is 500. The first kappa shape index (κ1) is 17.6. The van der Waals surface area contributed by atoms with E-state index in [2.05, 4.69) is 5.32 Å². The molecule has 0 aliphatic heterocycles. The molecule has 1 amide bonds. The summed E-state index contributed by atoms with van der Waals surface area (Å²) in [6.07, 6.45) is 0.